The Hall–Kier alpha value is -0.920. The maximum atomic E-state index is 12.1. The molecule has 1 saturated carbocycles. The third-order valence-corrected chi connectivity index (χ3v) is 4.92. The van der Waals surface area contributed by atoms with Gasteiger partial charge in [-0.25, -0.2) is 13.1 Å². The number of aliphatic hydroxyl groups excluding tert-OH is 1. The maximum absolute atomic E-state index is 12.1. The van der Waals surface area contributed by atoms with E-state index >= 15 is 0 Å². The molecule has 1 aliphatic rings. The van der Waals surface area contributed by atoms with Crippen LogP contribution in [0.2, 0.25) is 0 Å². The van der Waals surface area contributed by atoms with Crippen molar-refractivity contribution < 1.29 is 18.0 Å². The molecule has 0 radical (unpaired) electrons. The van der Waals surface area contributed by atoms with Gasteiger partial charge in [-0.3, -0.25) is 0 Å². The number of aryl methyl sites for hydroxylation is 1. The van der Waals surface area contributed by atoms with Gasteiger partial charge >= 0.3 is 0 Å². The summed E-state index contributed by atoms with van der Waals surface area (Å²) in [5.41, 5.74) is -0.315. The van der Waals surface area contributed by atoms with E-state index in [2.05, 4.69) is 9.88 Å². The number of hydrogen-bond acceptors (Lipinski definition) is 5. The SMILES string of the molecule is Cc1cc(CS(=O)(=O)NC2(CO)CCCCC2)no1. The van der Waals surface area contributed by atoms with Crippen molar-refractivity contribution in [3.05, 3.63) is 17.5 Å². The second-order valence-corrected chi connectivity index (χ2v) is 7.01. The Morgan fingerprint density at radius 2 is 2.11 bits per heavy atom. The van der Waals surface area contributed by atoms with E-state index < -0.39 is 15.6 Å². The van der Waals surface area contributed by atoms with E-state index in [-0.39, 0.29) is 12.4 Å². The summed E-state index contributed by atoms with van der Waals surface area (Å²) in [6, 6.07) is 1.60. The normalized spacial score (nSPS) is 19.5. The van der Waals surface area contributed by atoms with Gasteiger partial charge in [0.1, 0.15) is 17.2 Å². The molecule has 2 rings (SSSR count). The minimum Gasteiger partial charge on any atom is -0.394 e. The second-order valence-electron chi connectivity index (χ2n) is 5.29. The van der Waals surface area contributed by atoms with E-state index in [4.69, 9.17) is 4.52 Å². The molecule has 2 N–H and O–H groups in total. The fourth-order valence-corrected chi connectivity index (χ4v) is 4.09. The van der Waals surface area contributed by atoms with Crippen LogP contribution in [0.3, 0.4) is 0 Å². The van der Waals surface area contributed by atoms with E-state index in [1.807, 2.05) is 0 Å². The van der Waals surface area contributed by atoms with Crippen LogP contribution < -0.4 is 4.72 Å². The summed E-state index contributed by atoms with van der Waals surface area (Å²) in [6.07, 6.45) is 4.32. The van der Waals surface area contributed by atoms with Gasteiger partial charge in [0.2, 0.25) is 10.0 Å². The monoisotopic (exact) mass is 288 g/mol. The number of rotatable bonds is 5. The Labute approximate surface area is 113 Å². The predicted octanol–water partition coefficient (Wildman–Crippen LogP) is 1.10. The molecule has 19 heavy (non-hydrogen) atoms. The molecule has 0 unspecified atom stereocenters. The summed E-state index contributed by atoms with van der Waals surface area (Å²) in [5.74, 6) is 0.367. The van der Waals surface area contributed by atoms with E-state index in [0.29, 0.717) is 24.3 Å². The zero-order valence-electron chi connectivity index (χ0n) is 11.1. The first-order chi connectivity index (χ1) is 8.95. The van der Waals surface area contributed by atoms with Gasteiger partial charge in [-0.2, -0.15) is 0 Å². The number of nitrogens with one attached hydrogen (secondary N) is 1. The summed E-state index contributed by atoms with van der Waals surface area (Å²) in [7, 11) is -3.52. The molecule has 1 aliphatic carbocycles. The van der Waals surface area contributed by atoms with Crippen molar-refractivity contribution >= 4 is 10.0 Å². The molecular weight excluding hydrogens is 268 g/mol. The second kappa shape index (κ2) is 5.60. The van der Waals surface area contributed by atoms with E-state index in [9.17, 15) is 13.5 Å². The Morgan fingerprint density at radius 3 is 2.63 bits per heavy atom. The van der Waals surface area contributed by atoms with Crippen LogP contribution in [0.25, 0.3) is 0 Å². The van der Waals surface area contributed by atoms with Gasteiger partial charge in [-0.05, 0) is 19.8 Å². The fraction of sp³-hybridized carbons (Fsp3) is 0.750. The van der Waals surface area contributed by atoms with E-state index in [0.717, 1.165) is 19.3 Å². The Bertz CT molecular complexity index is 518. The third-order valence-electron chi connectivity index (χ3n) is 3.50. The lowest BCUT2D eigenvalue weighted by molar-refractivity contribution is 0.142. The smallest absolute Gasteiger partial charge is 0.218 e. The first-order valence-corrected chi connectivity index (χ1v) is 8.15. The lowest BCUT2D eigenvalue weighted by atomic mass is 9.83. The largest absolute Gasteiger partial charge is 0.394 e. The Morgan fingerprint density at radius 1 is 1.42 bits per heavy atom. The van der Waals surface area contributed by atoms with Crippen LogP contribution in [0.5, 0.6) is 0 Å². The average Bonchev–Trinajstić information content (AvgIpc) is 2.74. The number of aliphatic hydroxyl groups is 1. The van der Waals surface area contributed by atoms with Gasteiger partial charge < -0.3 is 9.63 Å². The van der Waals surface area contributed by atoms with Gasteiger partial charge in [-0.15, -0.1) is 0 Å². The summed E-state index contributed by atoms with van der Waals surface area (Å²) in [6.45, 7) is 1.55. The molecule has 108 valence electrons. The zero-order valence-corrected chi connectivity index (χ0v) is 11.9. The summed E-state index contributed by atoms with van der Waals surface area (Å²) in [4.78, 5) is 0. The van der Waals surface area contributed by atoms with Crippen LogP contribution in [0.1, 0.15) is 43.6 Å². The minimum absolute atomic E-state index is 0.163. The molecule has 0 aliphatic heterocycles. The van der Waals surface area contributed by atoms with Crippen molar-refractivity contribution in [1.82, 2.24) is 9.88 Å². The Kier molecular flexibility index (Phi) is 4.27. The van der Waals surface area contributed by atoms with E-state index in [1.165, 1.54) is 0 Å². The van der Waals surface area contributed by atoms with Crippen LogP contribution in [0.4, 0.5) is 0 Å². The molecule has 0 aromatic carbocycles. The molecule has 1 heterocycles. The molecule has 1 aromatic rings. The highest BCUT2D eigenvalue weighted by molar-refractivity contribution is 7.88. The van der Waals surface area contributed by atoms with Gasteiger partial charge in [0.15, 0.2) is 0 Å². The zero-order chi connectivity index (χ0) is 13.9. The van der Waals surface area contributed by atoms with Gasteiger partial charge in [-0.1, -0.05) is 24.4 Å². The van der Waals surface area contributed by atoms with Crippen molar-refractivity contribution in [2.45, 2.75) is 50.3 Å². The van der Waals surface area contributed by atoms with Crippen molar-refractivity contribution in [2.75, 3.05) is 6.61 Å². The highest BCUT2D eigenvalue weighted by Gasteiger charge is 2.35. The van der Waals surface area contributed by atoms with Crippen molar-refractivity contribution in [1.29, 1.82) is 0 Å². The Balaban J connectivity index is 2.07. The molecule has 0 saturated heterocycles. The summed E-state index contributed by atoms with van der Waals surface area (Å²) in [5, 5.41) is 13.2. The summed E-state index contributed by atoms with van der Waals surface area (Å²) < 4.78 is 31.8. The van der Waals surface area contributed by atoms with Crippen LogP contribution in [0.15, 0.2) is 10.6 Å². The van der Waals surface area contributed by atoms with Gasteiger partial charge in [0.25, 0.3) is 0 Å². The third kappa shape index (κ3) is 3.77. The molecule has 0 spiro atoms. The van der Waals surface area contributed by atoms with Gasteiger partial charge in [0.05, 0.1) is 12.1 Å². The lowest BCUT2D eigenvalue weighted by Crippen LogP contribution is -2.52. The first kappa shape index (κ1) is 14.5. The standard InChI is InChI=1S/C12H20N2O4S/c1-10-7-11(13-18-10)8-19(16,17)14-12(9-15)5-3-2-4-6-12/h7,14-15H,2-6,8-9H2,1H3. The number of hydrogen-bond donors (Lipinski definition) is 2. The highest BCUT2D eigenvalue weighted by Crippen LogP contribution is 2.28. The van der Waals surface area contributed by atoms with Crippen LogP contribution in [-0.2, 0) is 15.8 Å². The van der Waals surface area contributed by atoms with Crippen molar-refractivity contribution in [3.8, 4) is 0 Å². The lowest BCUT2D eigenvalue weighted by Gasteiger charge is -2.35. The molecule has 0 amide bonds. The number of nitrogens with zero attached hydrogens (tertiary/aromatic N) is 1. The average molecular weight is 288 g/mol. The molecule has 0 atom stereocenters. The molecule has 1 fully saturated rings. The number of aromatic nitrogens is 1. The molecule has 1 aromatic heterocycles. The quantitative estimate of drug-likeness (QED) is 0.846. The minimum atomic E-state index is -3.52. The van der Waals surface area contributed by atoms with Crippen LogP contribution in [0, 0.1) is 6.92 Å². The molecule has 6 nitrogen and oxygen atoms in total. The number of sulfonamides is 1. The van der Waals surface area contributed by atoms with Gasteiger partial charge in [0, 0.05) is 6.07 Å². The fourth-order valence-electron chi connectivity index (χ4n) is 2.57. The van der Waals surface area contributed by atoms with Crippen molar-refractivity contribution in [3.63, 3.8) is 0 Å². The highest BCUT2D eigenvalue weighted by atomic mass is 32.2. The van der Waals surface area contributed by atoms with E-state index in [1.54, 1.807) is 13.0 Å². The van der Waals surface area contributed by atoms with Crippen LogP contribution in [-0.4, -0.2) is 30.8 Å². The maximum Gasteiger partial charge on any atom is 0.218 e. The first-order valence-electron chi connectivity index (χ1n) is 6.49. The molecule has 7 heteroatoms. The predicted molar refractivity (Wildman–Crippen MR) is 69.9 cm³/mol. The molecule has 0 bridgehead atoms. The summed E-state index contributed by atoms with van der Waals surface area (Å²) >= 11 is 0. The molecular formula is C12H20N2O4S. The van der Waals surface area contributed by atoms with Crippen LogP contribution >= 0.6 is 0 Å². The van der Waals surface area contributed by atoms with Crippen molar-refractivity contribution in [2.24, 2.45) is 0 Å². The topological polar surface area (TPSA) is 92.4 Å².